The Bertz CT molecular complexity index is 2910. The van der Waals surface area contributed by atoms with Crippen molar-refractivity contribution in [2.45, 2.75) is 56.5 Å². The molecule has 63 heavy (non-hydrogen) atoms. The van der Waals surface area contributed by atoms with Crippen LogP contribution in [0.2, 0.25) is 0 Å². The highest BCUT2D eigenvalue weighted by Gasteiger charge is 2.49. The van der Waals surface area contributed by atoms with Gasteiger partial charge in [0.05, 0.1) is 10.4 Å². The number of fused-ring (bicyclic) bond motifs is 5. The predicted molar refractivity (Wildman–Crippen MR) is 230 cm³/mol. The molecular weight excluding hydrogens is 833 g/mol. The van der Waals surface area contributed by atoms with Crippen LogP contribution in [0.25, 0.3) is 32.9 Å². The van der Waals surface area contributed by atoms with E-state index in [1.54, 1.807) is 18.5 Å². The first-order valence-electron chi connectivity index (χ1n) is 21.0. The molecule has 3 unspecified atom stereocenters. The van der Waals surface area contributed by atoms with Crippen LogP contribution in [-0.2, 0) is 24.2 Å². The van der Waals surface area contributed by atoms with Crippen LogP contribution >= 0.6 is 11.3 Å². The van der Waals surface area contributed by atoms with Crippen molar-refractivity contribution in [3.63, 3.8) is 0 Å². The quantitative estimate of drug-likeness (QED) is 0.111. The van der Waals surface area contributed by atoms with Gasteiger partial charge in [0, 0.05) is 96.7 Å². The zero-order chi connectivity index (χ0) is 43.1. The summed E-state index contributed by atoms with van der Waals surface area (Å²) >= 11 is 1.46. The molecular formula is C46H40F4N10O2S. The fourth-order valence-electron chi connectivity index (χ4n) is 9.90. The zero-order valence-corrected chi connectivity index (χ0v) is 34.5. The number of H-pyrrole nitrogens is 1. The van der Waals surface area contributed by atoms with E-state index in [4.69, 9.17) is 15.7 Å². The van der Waals surface area contributed by atoms with E-state index in [0.717, 1.165) is 64.5 Å². The number of anilines is 2. The topological polar surface area (TPSA) is 151 Å². The minimum Gasteiger partial charge on any atom is -0.368 e. The predicted octanol–water partition coefficient (Wildman–Crippen LogP) is 7.83. The number of aromatic nitrogens is 6. The molecule has 3 aromatic carbocycles. The Kier molecular flexibility index (Phi) is 9.54. The average Bonchev–Trinajstić information content (AvgIpc) is 3.69. The summed E-state index contributed by atoms with van der Waals surface area (Å²) in [5.74, 6) is -2.81. The molecule has 2 fully saturated rings. The molecule has 17 heteroatoms. The Labute approximate surface area is 362 Å². The number of carbonyl (C=O) groups excluding carboxylic acids is 2. The molecule has 4 atom stereocenters. The van der Waals surface area contributed by atoms with Crippen LogP contribution in [0.1, 0.15) is 81.3 Å². The van der Waals surface area contributed by atoms with E-state index >= 15 is 0 Å². The molecule has 0 bridgehead atoms. The van der Waals surface area contributed by atoms with Crippen molar-refractivity contribution in [1.29, 1.82) is 0 Å². The van der Waals surface area contributed by atoms with Gasteiger partial charge in [0.15, 0.2) is 10.8 Å². The Hall–Kier alpha value is -6.62. The number of thiazole rings is 1. The number of nitrogens with zero attached hydrogens (tertiary/aromatic N) is 7. The number of pyridine rings is 1. The molecule has 2 aliphatic heterocycles. The summed E-state index contributed by atoms with van der Waals surface area (Å²) in [5.41, 5.74) is 12.3. The highest BCUT2D eigenvalue weighted by molar-refractivity contribution is 7.22. The fourth-order valence-corrected chi connectivity index (χ4v) is 10.9. The number of hydrogen-bond acceptors (Lipinski definition) is 9. The molecule has 11 rings (SSSR count). The first-order chi connectivity index (χ1) is 30.6. The van der Waals surface area contributed by atoms with E-state index in [2.05, 4.69) is 42.3 Å². The van der Waals surface area contributed by atoms with Gasteiger partial charge in [-0.2, -0.15) is 10.1 Å². The van der Waals surface area contributed by atoms with Gasteiger partial charge in [-0.05, 0) is 96.8 Å². The lowest BCUT2D eigenvalue weighted by Crippen LogP contribution is -2.46. The van der Waals surface area contributed by atoms with E-state index in [1.165, 1.54) is 28.2 Å². The highest BCUT2D eigenvalue weighted by atomic mass is 32.1. The third kappa shape index (κ3) is 7.07. The molecule has 320 valence electrons. The summed E-state index contributed by atoms with van der Waals surface area (Å²) in [4.78, 5) is 49.3. The van der Waals surface area contributed by atoms with Gasteiger partial charge in [0.25, 0.3) is 12.3 Å². The van der Waals surface area contributed by atoms with Gasteiger partial charge in [-0.25, -0.2) is 27.5 Å². The normalized spacial score (nSPS) is 18.9. The molecule has 2 aliphatic carbocycles. The molecule has 0 radical (unpaired) electrons. The maximum atomic E-state index is 14.9. The lowest BCUT2D eigenvalue weighted by Gasteiger charge is -2.36. The number of carbonyl (C=O) groups is 2. The second kappa shape index (κ2) is 15.3. The molecule has 7 aromatic rings. The summed E-state index contributed by atoms with van der Waals surface area (Å²) in [6.07, 6.45) is 2.36. The number of amides is 2. The Morgan fingerprint density at radius 2 is 1.67 bits per heavy atom. The lowest BCUT2D eigenvalue weighted by atomic mass is 9.84. The summed E-state index contributed by atoms with van der Waals surface area (Å²) in [5, 5.41) is 8.05. The number of benzene rings is 3. The van der Waals surface area contributed by atoms with Gasteiger partial charge in [-0.15, -0.1) is 0 Å². The lowest BCUT2D eigenvalue weighted by molar-refractivity contribution is -0.122. The molecule has 1 saturated heterocycles. The maximum absolute atomic E-state index is 14.9. The molecule has 4 aromatic heterocycles. The maximum Gasteiger partial charge on any atom is 0.282 e. The largest absolute Gasteiger partial charge is 0.368 e. The van der Waals surface area contributed by atoms with E-state index < -0.39 is 35.9 Å². The molecule has 4 N–H and O–H groups in total. The molecule has 12 nitrogen and oxygen atoms in total. The standard InChI is InChI=1S/C46H40F4N10O2S/c47-28-15-23(16-29(48)20-28)17-35(40(42(51)61)60-39-31(38(57-60)41(49)50)8-5-26-18-33(26)39)37-32(25-1-2-27-22-54-45(62)34(27)19-25)21-36-44(55-37)56-46(63-36)59-13-11-58(12-14-59)30-6-3-24(4-7-30)43-52-9-10-53-43/h1-4,6-7,9-10,15-16,19-21,26,33,35,40-41H,5,8,11-14,17-18,22H2,(H2,51,61)(H,52,53)(H,54,62)/t26?,33?,35-,40?/m1/s1. The molecule has 0 spiro atoms. The van der Waals surface area contributed by atoms with Crippen LogP contribution in [0.4, 0.5) is 28.4 Å². The number of rotatable bonds is 11. The van der Waals surface area contributed by atoms with Crippen molar-refractivity contribution < 1.29 is 27.2 Å². The smallest absolute Gasteiger partial charge is 0.282 e. The average molecular weight is 873 g/mol. The Morgan fingerprint density at radius 1 is 0.905 bits per heavy atom. The van der Waals surface area contributed by atoms with Crippen molar-refractivity contribution in [2.24, 2.45) is 11.7 Å². The van der Waals surface area contributed by atoms with Gasteiger partial charge in [-0.1, -0.05) is 23.5 Å². The summed E-state index contributed by atoms with van der Waals surface area (Å²) in [7, 11) is 0. The molecule has 4 aliphatic rings. The highest BCUT2D eigenvalue weighted by Crippen LogP contribution is 2.57. The summed E-state index contributed by atoms with van der Waals surface area (Å²) in [6.45, 7) is 3.20. The number of alkyl halides is 2. The van der Waals surface area contributed by atoms with Crippen LogP contribution < -0.4 is 20.9 Å². The molecule has 2 amide bonds. The van der Waals surface area contributed by atoms with Crippen LogP contribution in [-0.4, -0.2) is 67.7 Å². The van der Waals surface area contributed by atoms with Gasteiger partial charge >= 0.3 is 0 Å². The Balaban J connectivity index is 1.02. The van der Waals surface area contributed by atoms with E-state index in [0.29, 0.717) is 65.3 Å². The minimum absolute atomic E-state index is 0.0735. The van der Waals surface area contributed by atoms with Crippen molar-refractivity contribution >= 4 is 44.3 Å². The minimum atomic E-state index is -2.90. The second-order valence-electron chi connectivity index (χ2n) is 16.8. The van der Waals surface area contributed by atoms with Crippen molar-refractivity contribution in [3.05, 3.63) is 130 Å². The summed E-state index contributed by atoms with van der Waals surface area (Å²) < 4.78 is 61.4. The van der Waals surface area contributed by atoms with Crippen molar-refractivity contribution in [1.82, 2.24) is 35.0 Å². The van der Waals surface area contributed by atoms with Crippen LogP contribution in [0, 0.1) is 17.6 Å². The summed E-state index contributed by atoms with van der Waals surface area (Å²) in [6, 6.07) is 17.4. The number of primary amides is 1. The number of nitrogens with one attached hydrogen (secondary N) is 2. The molecule has 1 saturated carbocycles. The van der Waals surface area contributed by atoms with Crippen molar-refractivity contribution in [3.8, 4) is 22.5 Å². The third-order valence-electron chi connectivity index (χ3n) is 13.1. The zero-order valence-electron chi connectivity index (χ0n) is 33.7. The number of imidazole rings is 1. The van der Waals surface area contributed by atoms with E-state index in [1.807, 2.05) is 30.3 Å². The van der Waals surface area contributed by atoms with Gasteiger partial charge in [0.1, 0.15) is 29.2 Å². The van der Waals surface area contributed by atoms with Crippen LogP contribution in [0.15, 0.2) is 79.1 Å². The number of halogens is 4. The number of piperazine rings is 1. The van der Waals surface area contributed by atoms with Gasteiger partial charge < -0.3 is 25.8 Å². The van der Waals surface area contributed by atoms with Gasteiger partial charge in [0.2, 0.25) is 5.91 Å². The SMILES string of the molecule is NC(=O)C([C@H](Cc1cc(F)cc(F)c1)c1nc2nc(N3CCN(c4ccc(-c5ncc[nH]5)cc4)CC3)sc2cc1-c1ccc2c(c1)C(=O)NC2)n1nc(C(F)F)c2c1C1CC1CC2. The van der Waals surface area contributed by atoms with Gasteiger partial charge in [-0.3, -0.25) is 14.3 Å². The second-order valence-corrected chi connectivity index (χ2v) is 17.8. The first kappa shape index (κ1) is 39.2. The van der Waals surface area contributed by atoms with E-state index in [9.17, 15) is 27.2 Å². The Morgan fingerprint density at radius 3 is 2.40 bits per heavy atom. The van der Waals surface area contributed by atoms with Crippen molar-refractivity contribution in [2.75, 3.05) is 36.0 Å². The first-order valence-corrected chi connectivity index (χ1v) is 21.8. The van der Waals surface area contributed by atoms with Crippen LogP contribution in [0.5, 0.6) is 0 Å². The monoisotopic (exact) mass is 872 g/mol. The number of aromatic amines is 1. The number of hydrogen-bond donors (Lipinski definition) is 3. The van der Waals surface area contributed by atoms with E-state index in [-0.39, 0.29) is 35.4 Å². The number of nitrogens with two attached hydrogens (primary N) is 1. The third-order valence-corrected chi connectivity index (χ3v) is 14.1. The fraction of sp³-hybridized carbons (Fsp3) is 0.304. The van der Waals surface area contributed by atoms with Crippen LogP contribution in [0.3, 0.4) is 0 Å². The molecule has 6 heterocycles.